The molecule has 4 atom stereocenters. The molecule has 0 aromatic heterocycles. The first-order valence-corrected chi connectivity index (χ1v) is 11.6. The molecule has 4 heteroatoms. The maximum atomic E-state index is 13.3. The van der Waals surface area contributed by atoms with Crippen LogP contribution in [0.15, 0.2) is 35.4 Å². The normalized spacial score (nSPS) is 32.5. The van der Waals surface area contributed by atoms with Gasteiger partial charge in [0.1, 0.15) is 0 Å². The summed E-state index contributed by atoms with van der Waals surface area (Å²) in [6.45, 7) is 9.92. The van der Waals surface area contributed by atoms with Crippen LogP contribution in [-0.2, 0) is 0 Å². The van der Waals surface area contributed by atoms with Gasteiger partial charge in [0.25, 0.3) is 0 Å². The number of hydrogen-bond acceptors (Lipinski definition) is 2. The van der Waals surface area contributed by atoms with Crippen molar-refractivity contribution < 1.29 is 4.79 Å². The molecule has 1 N–H and O–H groups in total. The van der Waals surface area contributed by atoms with Gasteiger partial charge in [-0.15, -0.1) is 0 Å². The van der Waals surface area contributed by atoms with Gasteiger partial charge >= 0.3 is 6.03 Å². The maximum absolute atomic E-state index is 13.3. The van der Waals surface area contributed by atoms with E-state index in [1.165, 1.54) is 43.4 Å². The van der Waals surface area contributed by atoms with Gasteiger partial charge in [-0.1, -0.05) is 70.9 Å². The first-order valence-electron chi connectivity index (χ1n) is 11.6. The smallest absolute Gasteiger partial charge is 0.333 e. The number of rotatable bonds is 6. The predicted molar refractivity (Wildman–Crippen MR) is 119 cm³/mol. The summed E-state index contributed by atoms with van der Waals surface area (Å²) in [6.07, 6.45) is 8.30. The molecule has 4 nitrogen and oxygen atoms in total. The van der Waals surface area contributed by atoms with Crippen LogP contribution in [0.25, 0.3) is 0 Å². The summed E-state index contributed by atoms with van der Waals surface area (Å²) in [4.78, 5) is 13.3. The zero-order valence-corrected chi connectivity index (χ0v) is 18.6. The van der Waals surface area contributed by atoms with Crippen molar-refractivity contribution in [2.75, 3.05) is 6.54 Å². The van der Waals surface area contributed by atoms with Crippen molar-refractivity contribution >= 4 is 11.7 Å². The molecule has 1 aliphatic heterocycles. The number of nitrogens with zero attached hydrogens (tertiary/aromatic N) is 2. The van der Waals surface area contributed by atoms with E-state index in [1.54, 1.807) is 5.01 Å². The van der Waals surface area contributed by atoms with Gasteiger partial charge in [0, 0.05) is 17.7 Å². The third kappa shape index (κ3) is 3.71. The SMILES string of the molecule is CCCCCC1=NN(C(=O)NC2C(C)(C)C3CC[C@@]2(C)C3)CC1c1ccccc1. The number of nitrogens with one attached hydrogen (secondary N) is 1. The highest BCUT2D eigenvalue weighted by molar-refractivity contribution is 5.94. The Morgan fingerprint density at radius 2 is 1.97 bits per heavy atom. The molecule has 158 valence electrons. The van der Waals surface area contributed by atoms with E-state index in [1.807, 2.05) is 0 Å². The second-order valence-electron chi connectivity index (χ2n) is 10.4. The number of hydrazone groups is 1. The molecular weight excluding hydrogens is 358 g/mol. The third-order valence-corrected chi connectivity index (χ3v) is 8.02. The molecule has 4 rings (SSSR count). The van der Waals surface area contributed by atoms with Crippen molar-refractivity contribution in [2.45, 2.75) is 84.6 Å². The van der Waals surface area contributed by atoms with Crippen LogP contribution in [0.5, 0.6) is 0 Å². The van der Waals surface area contributed by atoms with Crippen molar-refractivity contribution in [3.63, 3.8) is 0 Å². The molecule has 2 aliphatic carbocycles. The molecule has 1 aromatic rings. The lowest BCUT2D eigenvalue weighted by Gasteiger charge is -2.43. The van der Waals surface area contributed by atoms with Gasteiger partial charge in [-0.3, -0.25) is 0 Å². The lowest BCUT2D eigenvalue weighted by Crippen LogP contribution is -2.54. The molecule has 2 saturated carbocycles. The average molecular weight is 396 g/mol. The number of unbranched alkanes of at least 4 members (excludes halogenated alkanes) is 2. The Hall–Kier alpha value is -1.84. The van der Waals surface area contributed by atoms with Gasteiger partial charge in [-0.2, -0.15) is 5.10 Å². The average Bonchev–Trinajstić information content (AvgIpc) is 3.35. The first-order chi connectivity index (χ1) is 13.8. The Balaban J connectivity index is 1.49. The summed E-state index contributed by atoms with van der Waals surface area (Å²) in [5.74, 6) is 0.948. The molecule has 1 aromatic carbocycles. The highest BCUT2D eigenvalue weighted by atomic mass is 16.2. The molecule has 3 aliphatic rings. The largest absolute Gasteiger partial charge is 0.338 e. The number of fused-ring (bicyclic) bond motifs is 2. The van der Waals surface area contributed by atoms with E-state index in [2.05, 4.69) is 63.3 Å². The Kier molecular flexibility index (Phi) is 5.48. The zero-order valence-electron chi connectivity index (χ0n) is 18.6. The molecule has 2 fully saturated rings. The molecule has 0 saturated heterocycles. The molecular formula is C25H37N3O. The molecule has 0 radical (unpaired) electrons. The van der Waals surface area contributed by atoms with Crippen LogP contribution in [-0.4, -0.2) is 29.3 Å². The van der Waals surface area contributed by atoms with Crippen LogP contribution in [0, 0.1) is 16.7 Å². The van der Waals surface area contributed by atoms with Crippen LogP contribution in [0.2, 0.25) is 0 Å². The minimum absolute atomic E-state index is 0.0109. The Bertz CT molecular complexity index is 767. The van der Waals surface area contributed by atoms with Crippen LogP contribution >= 0.6 is 0 Å². The summed E-state index contributed by atoms with van der Waals surface area (Å²) >= 11 is 0. The van der Waals surface area contributed by atoms with Gasteiger partial charge in [0.05, 0.1) is 6.54 Å². The summed E-state index contributed by atoms with van der Waals surface area (Å²) < 4.78 is 0. The van der Waals surface area contributed by atoms with Gasteiger partial charge < -0.3 is 5.32 Å². The van der Waals surface area contributed by atoms with Crippen molar-refractivity contribution in [1.29, 1.82) is 0 Å². The lowest BCUT2D eigenvalue weighted by atomic mass is 9.68. The van der Waals surface area contributed by atoms with Crippen LogP contribution in [0.3, 0.4) is 0 Å². The van der Waals surface area contributed by atoms with Crippen molar-refractivity contribution in [2.24, 2.45) is 21.8 Å². The van der Waals surface area contributed by atoms with Crippen LogP contribution in [0.4, 0.5) is 4.79 Å². The molecule has 3 unspecified atom stereocenters. The third-order valence-electron chi connectivity index (χ3n) is 8.02. The quantitative estimate of drug-likeness (QED) is 0.595. The fourth-order valence-corrected chi connectivity index (χ4v) is 6.30. The van der Waals surface area contributed by atoms with E-state index in [0.717, 1.165) is 18.8 Å². The number of benzene rings is 1. The minimum atomic E-state index is -0.0109. The minimum Gasteiger partial charge on any atom is -0.333 e. The van der Waals surface area contributed by atoms with E-state index in [4.69, 9.17) is 5.10 Å². The first kappa shape index (κ1) is 20.4. The summed E-state index contributed by atoms with van der Waals surface area (Å²) in [5.41, 5.74) is 2.83. The van der Waals surface area contributed by atoms with Crippen LogP contribution < -0.4 is 5.32 Å². The second kappa shape index (κ2) is 7.77. The zero-order chi connectivity index (χ0) is 20.6. The summed E-state index contributed by atoms with van der Waals surface area (Å²) in [5, 5.41) is 9.97. The summed E-state index contributed by atoms with van der Waals surface area (Å²) in [6, 6.07) is 10.8. The number of carbonyl (C=O) groups is 1. The number of carbonyl (C=O) groups excluding carboxylic acids is 1. The van der Waals surface area contributed by atoms with Crippen LogP contribution in [0.1, 0.15) is 84.1 Å². The topological polar surface area (TPSA) is 44.7 Å². The maximum Gasteiger partial charge on any atom is 0.338 e. The summed E-state index contributed by atoms with van der Waals surface area (Å²) in [7, 11) is 0. The molecule has 2 amide bonds. The fraction of sp³-hybridized carbons (Fsp3) is 0.680. The number of amides is 2. The highest BCUT2D eigenvalue weighted by Gasteiger charge is 2.60. The van der Waals surface area contributed by atoms with E-state index in [-0.39, 0.29) is 28.8 Å². The van der Waals surface area contributed by atoms with Gasteiger partial charge in [-0.25, -0.2) is 9.80 Å². The van der Waals surface area contributed by atoms with E-state index in [9.17, 15) is 4.79 Å². The number of urea groups is 1. The Morgan fingerprint density at radius 3 is 2.62 bits per heavy atom. The monoisotopic (exact) mass is 395 g/mol. The second-order valence-corrected chi connectivity index (χ2v) is 10.4. The van der Waals surface area contributed by atoms with E-state index < -0.39 is 0 Å². The standard InChI is InChI=1S/C25H37N3O/c1-5-6-8-13-21-20(18-11-9-7-10-12-18)17-28(27-21)23(29)26-22-24(2,3)19-14-15-25(22,4)16-19/h7,9-12,19-20,22H,5-6,8,13-17H2,1-4H3,(H,26,29)/t19?,20?,22?,25-/m0/s1. The van der Waals surface area contributed by atoms with Crippen molar-refractivity contribution in [3.8, 4) is 0 Å². The van der Waals surface area contributed by atoms with Gasteiger partial charge in [-0.05, 0) is 54.4 Å². The van der Waals surface area contributed by atoms with E-state index >= 15 is 0 Å². The number of hydrogen-bond donors (Lipinski definition) is 1. The van der Waals surface area contributed by atoms with Crippen molar-refractivity contribution in [3.05, 3.63) is 35.9 Å². The molecule has 29 heavy (non-hydrogen) atoms. The molecule has 0 spiro atoms. The molecule has 2 bridgehead atoms. The van der Waals surface area contributed by atoms with Crippen molar-refractivity contribution in [1.82, 2.24) is 10.3 Å². The van der Waals surface area contributed by atoms with Gasteiger partial charge in [0.15, 0.2) is 0 Å². The Morgan fingerprint density at radius 1 is 1.21 bits per heavy atom. The van der Waals surface area contributed by atoms with E-state index in [0.29, 0.717) is 6.54 Å². The lowest BCUT2D eigenvalue weighted by molar-refractivity contribution is 0.106. The Labute approximate surface area is 176 Å². The molecule has 1 heterocycles. The fourth-order valence-electron chi connectivity index (χ4n) is 6.30. The highest BCUT2D eigenvalue weighted by Crippen LogP contribution is 2.62. The van der Waals surface area contributed by atoms with Gasteiger partial charge in [0.2, 0.25) is 0 Å². The predicted octanol–water partition coefficient (Wildman–Crippen LogP) is 5.95.